The molecule has 1 heterocycles. The molecule has 0 aromatic heterocycles. The number of likely N-dealkylation sites (tertiary alicyclic amines) is 1. The van der Waals surface area contributed by atoms with Crippen LogP contribution >= 0.6 is 12.4 Å². The van der Waals surface area contributed by atoms with Crippen molar-refractivity contribution in [3.8, 4) is 5.75 Å². The molecular weight excluding hydrogens is 286 g/mol. The minimum Gasteiger partial charge on any atom is -0.491 e. The number of nitrogens with zero attached hydrogens (tertiary/aromatic N) is 1. The number of para-hydroxylation sites is 1. The lowest BCUT2D eigenvalue weighted by Gasteiger charge is -2.41. The van der Waals surface area contributed by atoms with Crippen LogP contribution in [0, 0.1) is 0 Å². The molecule has 0 spiro atoms. The molecule has 1 aromatic rings. The zero-order valence-electron chi connectivity index (χ0n) is 13.5. The van der Waals surface area contributed by atoms with Crippen molar-refractivity contribution in [2.75, 3.05) is 13.2 Å². The molecule has 1 aliphatic rings. The highest BCUT2D eigenvalue weighted by molar-refractivity contribution is 5.85. The van der Waals surface area contributed by atoms with E-state index in [-0.39, 0.29) is 23.5 Å². The van der Waals surface area contributed by atoms with Gasteiger partial charge in [0, 0.05) is 17.6 Å². The van der Waals surface area contributed by atoms with Crippen molar-refractivity contribution in [2.24, 2.45) is 0 Å². The van der Waals surface area contributed by atoms with Crippen molar-refractivity contribution >= 4 is 12.4 Å². The van der Waals surface area contributed by atoms with Crippen LogP contribution in [0.3, 0.4) is 0 Å². The molecule has 2 rings (SSSR count). The number of halogens is 1. The molecule has 0 saturated carbocycles. The lowest BCUT2D eigenvalue weighted by Crippen LogP contribution is -2.52. The highest BCUT2D eigenvalue weighted by Crippen LogP contribution is 2.40. The van der Waals surface area contributed by atoms with Crippen LogP contribution in [-0.4, -0.2) is 40.3 Å². The average molecular weight is 314 g/mol. The van der Waals surface area contributed by atoms with E-state index >= 15 is 0 Å². The van der Waals surface area contributed by atoms with Gasteiger partial charge in [0.2, 0.25) is 0 Å². The van der Waals surface area contributed by atoms with Gasteiger partial charge in [0.1, 0.15) is 18.5 Å². The predicted octanol–water partition coefficient (Wildman–Crippen LogP) is 3.50. The zero-order chi connectivity index (χ0) is 14.8. The first-order valence-corrected chi connectivity index (χ1v) is 7.45. The van der Waals surface area contributed by atoms with E-state index < -0.39 is 6.10 Å². The Balaban J connectivity index is 0.00000220. The number of ether oxygens (including phenoxy) is 1. The molecule has 4 heteroatoms. The Morgan fingerprint density at radius 2 is 1.62 bits per heavy atom. The Bertz CT molecular complexity index is 418. The molecule has 1 atom stereocenters. The summed E-state index contributed by atoms with van der Waals surface area (Å²) in [4.78, 5) is 2.42. The van der Waals surface area contributed by atoms with Gasteiger partial charge in [-0.05, 0) is 52.7 Å². The first-order chi connectivity index (χ1) is 9.31. The van der Waals surface area contributed by atoms with E-state index in [1.807, 2.05) is 30.3 Å². The van der Waals surface area contributed by atoms with Gasteiger partial charge in [0.25, 0.3) is 0 Å². The molecule has 1 fully saturated rings. The van der Waals surface area contributed by atoms with Crippen molar-refractivity contribution in [2.45, 2.75) is 57.7 Å². The number of rotatable bonds is 5. The molecule has 0 amide bonds. The smallest absolute Gasteiger partial charge is 0.119 e. The number of benzene rings is 1. The van der Waals surface area contributed by atoms with Crippen LogP contribution in [0.2, 0.25) is 0 Å². The lowest BCUT2D eigenvalue weighted by atomic mass is 10.0. The molecule has 1 aromatic carbocycles. The number of aliphatic hydroxyl groups is 1. The Morgan fingerprint density at radius 3 is 2.14 bits per heavy atom. The summed E-state index contributed by atoms with van der Waals surface area (Å²) in [6.45, 7) is 10.0. The highest BCUT2D eigenvalue weighted by atomic mass is 35.5. The van der Waals surface area contributed by atoms with Crippen LogP contribution in [0.15, 0.2) is 30.3 Å². The quantitative estimate of drug-likeness (QED) is 0.903. The fourth-order valence-electron chi connectivity index (χ4n) is 3.17. The average Bonchev–Trinajstić information content (AvgIpc) is 2.61. The Kier molecular flexibility index (Phi) is 6.09. The van der Waals surface area contributed by atoms with Gasteiger partial charge in [-0.1, -0.05) is 18.2 Å². The molecule has 120 valence electrons. The summed E-state index contributed by atoms with van der Waals surface area (Å²) >= 11 is 0. The van der Waals surface area contributed by atoms with Crippen LogP contribution in [0.5, 0.6) is 5.75 Å². The van der Waals surface area contributed by atoms with Gasteiger partial charge in [-0.25, -0.2) is 0 Å². The van der Waals surface area contributed by atoms with E-state index in [0.717, 1.165) is 5.75 Å². The van der Waals surface area contributed by atoms with E-state index in [9.17, 15) is 5.11 Å². The highest BCUT2D eigenvalue weighted by Gasteiger charge is 2.44. The second-order valence-corrected chi connectivity index (χ2v) is 7.01. The van der Waals surface area contributed by atoms with E-state index in [2.05, 4.69) is 32.6 Å². The minimum atomic E-state index is -0.466. The van der Waals surface area contributed by atoms with Gasteiger partial charge in [-0.15, -0.1) is 12.4 Å². The number of β-amino-alcohol motifs (C(OH)–C–C–N with tert-alkyl or cyclic N) is 1. The van der Waals surface area contributed by atoms with Gasteiger partial charge >= 0.3 is 0 Å². The molecule has 1 unspecified atom stereocenters. The summed E-state index contributed by atoms with van der Waals surface area (Å²) in [5.41, 5.74) is 0.300. The van der Waals surface area contributed by atoms with Crippen LogP contribution in [0.4, 0.5) is 0 Å². The van der Waals surface area contributed by atoms with Crippen molar-refractivity contribution in [3.63, 3.8) is 0 Å². The third kappa shape index (κ3) is 4.60. The van der Waals surface area contributed by atoms with Gasteiger partial charge in [-0.2, -0.15) is 0 Å². The van der Waals surface area contributed by atoms with Crippen molar-refractivity contribution in [3.05, 3.63) is 30.3 Å². The Hall–Kier alpha value is -0.770. The second kappa shape index (κ2) is 6.99. The number of hydrogen-bond donors (Lipinski definition) is 1. The van der Waals surface area contributed by atoms with Crippen LogP contribution < -0.4 is 4.74 Å². The molecular formula is C17H28ClNO2. The Morgan fingerprint density at radius 1 is 1.10 bits per heavy atom. The van der Waals surface area contributed by atoms with Crippen molar-refractivity contribution < 1.29 is 9.84 Å². The molecule has 0 aliphatic carbocycles. The van der Waals surface area contributed by atoms with E-state index in [0.29, 0.717) is 13.2 Å². The van der Waals surface area contributed by atoms with Gasteiger partial charge < -0.3 is 9.84 Å². The zero-order valence-corrected chi connectivity index (χ0v) is 14.3. The fourth-order valence-corrected chi connectivity index (χ4v) is 3.17. The fraction of sp³-hybridized carbons (Fsp3) is 0.647. The third-order valence-corrected chi connectivity index (χ3v) is 4.39. The summed E-state index contributed by atoms with van der Waals surface area (Å²) < 4.78 is 5.64. The monoisotopic (exact) mass is 313 g/mol. The first kappa shape index (κ1) is 18.3. The van der Waals surface area contributed by atoms with Crippen LogP contribution in [-0.2, 0) is 0 Å². The molecule has 0 radical (unpaired) electrons. The van der Waals surface area contributed by atoms with Gasteiger partial charge in [0.05, 0.1) is 0 Å². The maximum absolute atomic E-state index is 10.3. The predicted molar refractivity (Wildman–Crippen MR) is 89.3 cm³/mol. The topological polar surface area (TPSA) is 32.7 Å². The normalized spacial score (nSPS) is 21.6. The molecule has 3 nitrogen and oxygen atoms in total. The first-order valence-electron chi connectivity index (χ1n) is 7.45. The van der Waals surface area contributed by atoms with Crippen molar-refractivity contribution in [1.29, 1.82) is 0 Å². The molecule has 0 bridgehead atoms. The maximum Gasteiger partial charge on any atom is 0.119 e. The third-order valence-electron chi connectivity index (χ3n) is 4.39. The Labute approximate surface area is 134 Å². The molecule has 1 N–H and O–H groups in total. The van der Waals surface area contributed by atoms with Crippen LogP contribution in [0.25, 0.3) is 0 Å². The van der Waals surface area contributed by atoms with Crippen LogP contribution in [0.1, 0.15) is 40.5 Å². The standard InChI is InChI=1S/C17H27NO2.ClH/c1-16(2)10-11-17(3,4)18(16)12-14(19)13-20-15-8-6-5-7-9-15;/h5-9,14,19H,10-13H2,1-4H3;1H. The number of aliphatic hydroxyl groups excluding tert-OH is 1. The number of hydrogen-bond acceptors (Lipinski definition) is 3. The van der Waals surface area contributed by atoms with E-state index in [4.69, 9.17) is 4.74 Å². The second-order valence-electron chi connectivity index (χ2n) is 7.01. The summed E-state index contributed by atoms with van der Waals surface area (Å²) in [5.74, 6) is 0.812. The lowest BCUT2D eigenvalue weighted by molar-refractivity contribution is 0.00531. The SMILES string of the molecule is CC1(C)CCC(C)(C)N1CC(O)COc1ccccc1.Cl. The van der Waals surface area contributed by atoms with E-state index in [1.54, 1.807) is 0 Å². The summed E-state index contributed by atoms with van der Waals surface area (Å²) in [7, 11) is 0. The summed E-state index contributed by atoms with van der Waals surface area (Å²) in [5, 5.41) is 10.3. The summed E-state index contributed by atoms with van der Waals surface area (Å²) in [6.07, 6.45) is 1.88. The maximum atomic E-state index is 10.3. The minimum absolute atomic E-state index is 0. The van der Waals surface area contributed by atoms with Crippen molar-refractivity contribution in [1.82, 2.24) is 4.90 Å². The molecule has 21 heavy (non-hydrogen) atoms. The van der Waals surface area contributed by atoms with Gasteiger partial charge in [0.15, 0.2) is 0 Å². The van der Waals surface area contributed by atoms with E-state index in [1.165, 1.54) is 12.8 Å². The largest absolute Gasteiger partial charge is 0.491 e. The van der Waals surface area contributed by atoms with Gasteiger partial charge in [-0.3, -0.25) is 4.90 Å². The summed E-state index contributed by atoms with van der Waals surface area (Å²) in [6, 6.07) is 9.66. The molecule has 1 aliphatic heterocycles. The molecule has 1 saturated heterocycles.